The normalized spacial score (nSPS) is 30.2. The summed E-state index contributed by atoms with van der Waals surface area (Å²) in [6.45, 7) is 4.10. The van der Waals surface area contributed by atoms with Gasteiger partial charge < -0.3 is 10.1 Å². The van der Waals surface area contributed by atoms with E-state index in [1.807, 2.05) is 26.2 Å². The lowest BCUT2D eigenvalue weighted by molar-refractivity contribution is 0.240. The zero-order valence-corrected chi connectivity index (χ0v) is 12.1. The van der Waals surface area contributed by atoms with E-state index in [2.05, 4.69) is 23.4 Å². The molecule has 1 heterocycles. The van der Waals surface area contributed by atoms with Crippen molar-refractivity contribution in [2.75, 3.05) is 7.05 Å². The Hall–Kier alpha value is -1.09. The topological polar surface area (TPSA) is 34.2 Å². The number of hydrogen-bond acceptors (Lipinski definition) is 3. The molecule has 3 unspecified atom stereocenters. The molecule has 3 atom stereocenters. The summed E-state index contributed by atoms with van der Waals surface area (Å²) in [5.41, 5.74) is 1.27. The van der Waals surface area contributed by atoms with E-state index in [9.17, 15) is 0 Å². The Bertz CT molecular complexity index is 436. The zero-order chi connectivity index (χ0) is 13.4. The monoisotopic (exact) mass is 260 g/mol. The first kappa shape index (κ1) is 12.9. The Morgan fingerprint density at radius 3 is 2.58 bits per heavy atom. The average Bonchev–Trinajstić information content (AvgIpc) is 2.97. The van der Waals surface area contributed by atoms with Crippen molar-refractivity contribution in [2.45, 2.75) is 45.3 Å². The number of hydrogen-bond donors (Lipinski definition) is 1. The van der Waals surface area contributed by atoms with Crippen LogP contribution in [0.15, 0.2) is 18.5 Å². The summed E-state index contributed by atoms with van der Waals surface area (Å²) in [6, 6.07) is 2.58. The quantitative estimate of drug-likeness (QED) is 0.883. The van der Waals surface area contributed by atoms with E-state index in [4.69, 9.17) is 4.74 Å². The lowest BCUT2D eigenvalue weighted by atomic mass is 9.90. The minimum atomic E-state index is 0.198. The van der Waals surface area contributed by atoms with Crippen molar-refractivity contribution in [3.63, 3.8) is 0 Å². The van der Waals surface area contributed by atoms with Gasteiger partial charge in [0.15, 0.2) is 0 Å². The van der Waals surface area contributed by atoms with Gasteiger partial charge >= 0.3 is 0 Å². The minimum Gasteiger partial charge on any atom is -0.489 e. The Morgan fingerprint density at radius 1 is 1.21 bits per heavy atom. The molecule has 2 aliphatic carbocycles. The van der Waals surface area contributed by atoms with Gasteiger partial charge in [-0.05, 0) is 69.5 Å². The Morgan fingerprint density at radius 2 is 1.95 bits per heavy atom. The molecular weight excluding hydrogens is 236 g/mol. The second kappa shape index (κ2) is 5.12. The number of nitrogens with one attached hydrogen (secondary N) is 1. The van der Waals surface area contributed by atoms with Crippen molar-refractivity contribution in [2.24, 2.45) is 17.8 Å². The van der Waals surface area contributed by atoms with E-state index < -0.39 is 0 Å². The lowest BCUT2D eigenvalue weighted by Crippen LogP contribution is -2.24. The molecule has 0 spiro atoms. The van der Waals surface area contributed by atoms with Gasteiger partial charge in [0, 0.05) is 12.2 Å². The summed E-state index contributed by atoms with van der Waals surface area (Å²) in [6.07, 6.45) is 8.23. The van der Waals surface area contributed by atoms with Gasteiger partial charge in [0.25, 0.3) is 0 Å². The second-order valence-electron chi connectivity index (χ2n) is 6.37. The van der Waals surface area contributed by atoms with Gasteiger partial charge in [-0.3, -0.25) is 4.98 Å². The van der Waals surface area contributed by atoms with Crippen LogP contribution in [0.4, 0.5) is 0 Å². The van der Waals surface area contributed by atoms with E-state index in [1.165, 1.54) is 24.8 Å². The van der Waals surface area contributed by atoms with Crippen molar-refractivity contribution in [3.05, 3.63) is 24.0 Å². The molecule has 3 rings (SSSR count). The summed E-state index contributed by atoms with van der Waals surface area (Å²) in [4.78, 5) is 4.34. The number of aromatic nitrogens is 1. The van der Waals surface area contributed by atoms with Gasteiger partial charge in [-0.1, -0.05) is 0 Å². The maximum Gasteiger partial charge on any atom is 0.138 e. The van der Waals surface area contributed by atoms with Gasteiger partial charge in [0.05, 0.1) is 12.3 Å². The van der Waals surface area contributed by atoms with Crippen LogP contribution < -0.4 is 10.1 Å². The van der Waals surface area contributed by atoms with Crippen LogP contribution in [0.2, 0.25) is 0 Å². The third-order valence-electron chi connectivity index (χ3n) is 4.53. The minimum absolute atomic E-state index is 0.198. The molecule has 104 valence electrons. The molecule has 19 heavy (non-hydrogen) atoms. The van der Waals surface area contributed by atoms with Crippen LogP contribution in [0.3, 0.4) is 0 Å². The largest absolute Gasteiger partial charge is 0.489 e. The van der Waals surface area contributed by atoms with Crippen LogP contribution in [0.5, 0.6) is 5.75 Å². The van der Waals surface area contributed by atoms with Crippen LogP contribution in [0, 0.1) is 17.8 Å². The van der Waals surface area contributed by atoms with Crippen LogP contribution in [0.1, 0.15) is 44.7 Å². The molecule has 2 fully saturated rings. The molecule has 0 bridgehead atoms. The number of pyridine rings is 1. The van der Waals surface area contributed by atoms with Crippen LogP contribution in [-0.4, -0.2) is 18.1 Å². The van der Waals surface area contributed by atoms with Crippen LogP contribution in [-0.2, 0) is 0 Å². The highest BCUT2D eigenvalue weighted by atomic mass is 16.5. The summed E-state index contributed by atoms with van der Waals surface area (Å²) < 4.78 is 5.75. The average molecular weight is 260 g/mol. The van der Waals surface area contributed by atoms with E-state index in [0.717, 1.165) is 23.5 Å². The first-order valence-electron chi connectivity index (χ1n) is 7.46. The number of ether oxygens (including phenoxy) is 1. The first-order chi connectivity index (χ1) is 9.17. The zero-order valence-electron chi connectivity index (χ0n) is 12.1. The van der Waals surface area contributed by atoms with Gasteiger partial charge in [0.1, 0.15) is 5.75 Å². The Labute approximate surface area is 115 Å². The third-order valence-corrected chi connectivity index (χ3v) is 4.53. The van der Waals surface area contributed by atoms with Crippen LogP contribution >= 0.6 is 0 Å². The van der Waals surface area contributed by atoms with Gasteiger partial charge in [0.2, 0.25) is 0 Å². The van der Waals surface area contributed by atoms with Crippen molar-refractivity contribution >= 4 is 0 Å². The SMILES string of the molecule is CNC(c1cncc(OC(C)C)c1)C1CC2CC2C1. The van der Waals surface area contributed by atoms with Gasteiger partial charge in [-0.2, -0.15) is 0 Å². The second-order valence-corrected chi connectivity index (χ2v) is 6.37. The van der Waals surface area contributed by atoms with Crippen molar-refractivity contribution < 1.29 is 4.74 Å². The smallest absolute Gasteiger partial charge is 0.138 e. The predicted molar refractivity (Wildman–Crippen MR) is 76.1 cm³/mol. The fraction of sp³-hybridized carbons (Fsp3) is 0.688. The highest BCUT2D eigenvalue weighted by Crippen LogP contribution is 2.57. The molecule has 2 saturated carbocycles. The predicted octanol–water partition coefficient (Wildman–Crippen LogP) is 3.18. The highest BCUT2D eigenvalue weighted by molar-refractivity contribution is 5.27. The van der Waals surface area contributed by atoms with Crippen molar-refractivity contribution in [1.82, 2.24) is 10.3 Å². The molecule has 0 amide bonds. The summed E-state index contributed by atoms with van der Waals surface area (Å²) in [5, 5.41) is 3.49. The molecule has 0 saturated heterocycles. The Kier molecular flexibility index (Phi) is 3.48. The molecular formula is C16H24N2O. The number of fused-ring (bicyclic) bond motifs is 1. The maximum atomic E-state index is 5.75. The number of rotatable bonds is 5. The number of nitrogens with zero attached hydrogens (tertiary/aromatic N) is 1. The van der Waals surface area contributed by atoms with E-state index in [1.54, 1.807) is 0 Å². The molecule has 0 aliphatic heterocycles. The lowest BCUT2D eigenvalue weighted by Gasteiger charge is -2.25. The van der Waals surface area contributed by atoms with Crippen molar-refractivity contribution in [3.8, 4) is 5.75 Å². The molecule has 3 nitrogen and oxygen atoms in total. The van der Waals surface area contributed by atoms with Gasteiger partial charge in [-0.25, -0.2) is 0 Å². The summed E-state index contributed by atoms with van der Waals surface area (Å²) in [7, 11) is 2.06. The summed E-state index contributed by atoms with van der Waals surface area (Å²) >= 11 is 0. The van der Waals surface area contributed by atoms with E-state index in [0.29, 0.717) is 6.04 Å². The molecule has 3 heteroatoms. The molecule has 2 aliphatic rings. The van der Waals surface area contributed by atoms with Gasteiger partial charge in [-0.15, -0.1) is 0 Å². The van der Waals surface area contributed by atoms with Crippen LogP contribution in [0.25, 0.3) is 0 Å². The maximum absolute atomic E-state index is 5.75. The van der Waals surface area contributed by atoms with E-state index in [-0.39, 0.29) is 6.10 Å². The standard InChI is InChI=1S/C16H24N2O/c1-10(2)19-15-7-14(8-18-9-15)16(17-3)13-5-11-4-12(11)6-13/h7-13,16-17H,4-6H2,1-3H3. The third kappa shape index (κ3) is 2.76. The molecule has 1 aromatic heterocycles. The fourth-order valence-corrected chi connectivity index (χ4v) is 3.65. The van der Waals surface area contributed by atoms with E-state index >= 15 is 0 Å². The molecule has 0 aromatic carbocycles. The fourth-order valence-electron chi connectivity index (χ4n) is 3.65. The molecule has 0 radical (unpaired) electrons. The summed E-state index contributed by atoms with van der Waals surface area (Å²) in [5.74, 6) is 3.69. The highest BCUT2D eigenvalue weighted by Gasteiger charge is 2.47. The Balaban J connectivity index is 1.74. The first-order valence-corrected chi connectivity index (χ1v) is 7.46. The van der Waals surface area contributed by atoms with Crippen molar-refractivity contribution in [1.29, 1.82) is 0 Å². The molecule has 1 N–H and O–H groups in total. The molecule has 1 aromatic rings.